The van der Waals surface area contributed by atoms with Crippen LogP contribution in [-0.2, 0) is 26.2 Å². The second-order valence-corrected chi connectivity index (χ2v) is 11.4. The molecule has 0 fully saturated rings. The molecule has 0 aliphatic heterocycles. The third kappa shape index (κ3) is 7.44. The van der Waals surface area contributed by atoms with Crippen molar-refractivity contribution in [3.8, 4) is 5.75 Å². The number of nitrogens with zero attached hydrogens (tertiary/aromatic N) is 2. The Morgan fingerprint density at radius 1 is 0.974 bits per heavy atom. The summed E-state index contributed by atoms with van der Waals surface area (Å²) in [6.07, 6.45) is 0.710. The fourth-order valence-electron chi connectivity index (χ4n) is 3.85. The smallest absolute Gasteiger partial charge is 0.264 e. The zero-order chi connectivity index (χ0) is 28.6. The maximum Gasteiger partial charge on any atom is 0.264 e. The minimum absolute atomic E-state index is 0.00931. The molecule has 3 rings (SSSR count). The van der Waals surface area contributed by atoms with E-state index in [9.17, 15) is 18.0 Å². The van der Waals surface area contributed by atoms with Gasteiger partial charge in [0.05, 0.1) is 17.7 Å². The van der Waals surface area contributed by atoms with E-state index in [1.54, 1.807) is 61.5 Å². The lowest BCUT2D eigenvalue weighted by molar-refractivity contribution is -0.139. The molecule has 39 heavy (non-hydrogen) atoms. The molecule has 8 nitrogen and oxygen atoms in total. The number of nitrogens with one attached hydrogen (secondary N) is 1. The molecule has 0 saturated heterocycles. The van der Waals surface area contributed by atoms with Crippen molar-refractivity contribution in [3.05, 3.63) is 88.4 Å². The zero-order valence-electron chi connectivity index (χ0n) is 21.9. The van der Waals surface area contributed by atoms with Crippen molar-refractivity contribution in [2.45, 2.75) is 37.8 Å². The van der Waals surface area contributed by atoms with E-state index >= 15 is 0 Å². The van der Waals surface area contributed by atoms with Crippen LogP contribution in [0.1, 0.15) is 25.8 Å². The number of carbonyl (C=O) groups is 2. The number of sulfonamides is 1. The molecule has 3 aromatic carbocycles. The fraction of sp³-hybridized carbons (Fsp3) is 0.286. The Bertz CT molecular complexity index is 1380. The third-order valence-corrected chi connectivity index (χ3v) is 8.55. The number of anilines is 1. The molecule has 0 radical (unpaired) electrons. The molecule has 0 spiro atoms. The number of halogens is 2. The number of amides is 2. The molecular formula is C28H31Cl2N3O5S. The first-order chi connectivity index (χ1) is 18.6. The van der Waals surface area contributed by atoms with Crippen LogP contribution >= 0.6 is 23.2 Å². The minimum Gasteiger partial charge on any atom is -0.497 e. The summed E-state index contributed by atoms with van der Waals surface area (Å²) in [6.45, 7) is 3.23. The molecule has 3 aromatic rings. The summed E-state index contributed by atoms with van der Waals surface area (Å²) in [4.78, 5) is 28.2. The highest BCUT2D eigenvalue weighted by atomic mass is 35.5. The molecule has 1 N–H and O–H groups in total. The van der Waals surface area contributed by atoms with Crippen molar-refractivity contribution >= 4 is 50.7 Å². The molecule has 0 aliphatic carbocycles. The van der Waals surface area contributed by atoms with Crippen molar-refractivity contribution in [3.63, 3.8) is 0 Å². The summed E-state index contributed by atoms with van der Waals surface area (Å²) in [5, 5.41) is 3.44. The molecule has 208 valence electrons. The highest BCUT2D eigenvalue weighted by Gasteiger charge is 2.33. The van der Waals surface area contributed by atoms with Gasteiger partial charge in [-0.05, 0) is 49.7 Å². The van der Waals surface area contributed by atoms with E-state index in [4.69, 9.17) is 27.9 Å². The number of ether oxygens (including phenoxy) is 1. The van der Waals surface area contributed by atoms with Crippen molar-refractivity contribution in [2.24, 2.45) is 0 Å². The Morgan fingerprint density at radius 2 is 1.62 bits per heavy atom. The van der Waals surface area contributed by atoms with Crippen LogP contribution in [0, 0.1) is 0 Å². The van der Waals surface area contributed by atoms with Gasteiger partial charge in [-0.1, -0.05) is 60.5 Å². The van der Waals surface area contributed by atoms with Crippen molar-refractivity contribution in [2.75, 3.05) is 24.5 Å². The predicted molar refractivity (Wildman–Crippen MR) is 154 cm³/mol. The normalized spacial score (nSPS) is 11.9. The van der Waals surface area contributed by atoms with Crippen molar-refractivity contribution in [1.82, 2.24) is 10.2 Å². The molecule has 0 bridgehead atoms. The summed E-state index contributed by atoms with van der Waals surface area (Å²) in [6, 6.07) is 18.2. The van der Waals surface area contributed by atoms with Crippen LogP contribution in [-0.4, -0.2) is 51.4 Å². The molecule has 0 heterocycles. The summed E-state index contributed by atoms with van der Waals surface area (Å²) in [7, 11) is -2.72. The quantitative estimate of drug-likeness (QED) is 0.314. The van der Waals surface area contributed by atoms with Crippen molar-refractivity contribution < 1.29 is 22.7 Å². The Balaban J connectivity index is 2.06. The first kappa shape index (κ1) is 30.3. The third-order valence-electron chi connectivity index (χ3n) is 6.06. The maximum atomic E-state index is 13.9. The number of carbonyl (C=O) groups excluding carboxylic acids is 2. The van der Waals surface area contributed by atoms with E-state index in [0.717, 1.165) is 4.31 Å². The maximum absolute atomic E-state index is 13.9. The topological polar surface area (TPSA) is 96.0 Å². The number of methoxy groups -OCH3 is 1. The van der Waals surface area contributed by atoms with Gasteiger partial charge in [-0.15, -0.1) is 0 Å². The van der Waals surface area contributed by atoms with Gasteiger partial charge in [0.2, 0.25) is 11.8 Å². The van der Waals surface area contributed by atoms with E-state index in [1.165, 1.54) is 30.2 Å². The average molecular weight is 593 g/mol. The first-order valence-corrected chi connectivity index (χ1v) is 14.5. The van der Waals surface area contributed by atoms with Gasteiger partial charge in [0, 0.05) is 34.8 Å². The largest absolute Gasteiger partial charge is 0.497 e. The predicted octanol–water partition coefficient (Wildman–Crippen LogP) is 5.14. The van der Waals surface area contributed by atoms with Gasteiger partial charge in [0.1, 0.15) is 18.3 Å². The number of hydrogen-bond donors (Lipinski definition) is 1. The van der Waals surface area contributed by atoms with E-state index < -0.39 is 28.5 Å². The average Bonchev–Trinajstić information content (AvgIpc) is 2.94. The monoisotopic (exact) mass is 591 g/mol. The van der Waals surface area contributed by atoms with Crippen LogP contribution in [0.25, 0.3) is 0 Å². The van der Waals surface area contributed by atoms with Gasteiger partial charge >= 0.3 is 0 Å². The van der Waals surface area contributed by atoms with Gasteiger partial charge in [-0.2, -0.15) is 0 Å². The van der Waals surface area contributed by atoms with Gasteiger partial charge in [0.25, 0.3) is 10.0 Å². The standard InChI is InChI=1S/C28H31Cl2N3O5S/c1-4-16-31-28(35)20(2)32(18-24-25(29)14-9-15-26(24)30)27(34)19-33(21-10-8-11-22(17-21)38-3)39(36,37)23-12-6-5-7-13-23/h5-15,17,20H,4,16,18-19H2,1-3H3,(H,31,35)/t20-/m0/s1. The van der Waals surface area contributed by atoms with Crippen LogP contribution in [0.2, 0.25) is 10.0 Å². The SMILES string of the molecule is CCCNC(=O)[C@H](C)N(Cc1c(Cl)cccc1Cl)C(=O)CN(c1cccc(OC)c1)S(=O)(=O)c1ccccc1. The zero-order valence-corrected chi connectivity index (χ0v) is 24.3. The Morgan fingerprint density at radius 3 is 2.23 bits per heavy atom. The number of hydrogen-bond acceptors (Lipinski definition) is 5. The molecule has 0 aromatic heterocycles. The lowest BCUT2D eigenvalue weighted by Gasteiger charge is -2.32. The van der Waals surface area contributed by atoms with Crippen LogP contribution in [0.15, 0.2) is 77.7 Å². The van der Waals surface area contributed by atoms with Crippen molar-refractivity contribution in [1.29, 1.82) is 0 Å². The second-order valence-electron chi connectivity index (χ2n) is 8.72. The van der Waals surface area contributed by atoms with E-state index in [1.807, 2.05) is 6.92 Å². The summed E-state index contributed by atoms with van der Waals surface area (Å²) in [5.74, 6) is -0.583. The highest BCUT2D eigenvalue weighted by molar-refractivity contribution is 7.92. The summed E-state index contributed by atoms with van der Waals surface area (Å²) >= 11 is 12.8. The van der Waals surface area contributed by atoms with Crippen LogP contribution in [0.3, 0.4) is 0 Å². The second kappa shape index (κ2) is 13.7. The number of rotatable bonds is 12. The highest BCUT2D eigenvalue weighted by Crippen LogP contribution is 2.29. The molecule has 0 unspecified atom stereocenters. The lowest BCUT2D eigenvalue weighted by Crippen LogP contribution is -2.51. The number of benzene rings is 3. The van der Waals surface area contributed by atoms with Gasteiger partial charge in [0.15, 0.2) is 0 Å². The van der Waals surface area contributed by atoms with Crippen LogP contribution in [0.4, 0.5) is 5.69 Å². The van der Waals surface area contributed by atoms with Gasteiger partial charge in [-0.3, -0.25) is 13.9 Å². The Kier molecular flexibility index (Phi) is 10.6. The molecule has 2 amide bonds. The van der Waals surface area contributed by atoms with E-state index in [0.29, 0.717) is 34.3 Å². The molecule has 1 atom stereocenters. The Hall–Kier alpha value is -3.27. The van der Waals surface area contributed by atoms with Crippen LogP contribution in [0.5, 0.6) is 5.75 Å². The first-order valence-electron chi connectivity index (χ1n) is 12.3. The minimum atomic E-state index is -4.18. The fourth-order valence-corrected chi connectivity index (χ4v) is 5.79. The van der Waals surface area contributed by atoms with Gasteiger partial charge in [-0.25, -0.2) is 8.42 Å². The summed E-state index contributed by atoms with van der Waals surface area (Å²) < 4.78 is 33.9. The van der Waals surface area contributed by atoms with E-state index in [2.05, 4.69) is 5.32 Å². The van der Waals surface area contributed by atoms with Gasteiger partial charge < -0.3 is 15.0 Å². The molecule has 11 heteroatoms. The summed E-state index contributed by atoms with van der Waals surface area (Å²) in [5.41, 5.74) is 0.675. The van der Waals surface area contributed by atoms with Crippen LogP contribution < -0.4 is 14.4 Å². The Labute approximate surface area is 239 Å². The lowest BCUT2D eigenvalue weighted by atomic mass is 10.1. The molecule has 0 saturated carbocycles. The molecule has 0 aliphatic rings. The molecular weight excluding hydrogens is 561 g/mol. The van der Waals surface area contributed by atoms with E-state index in [-0.39, 0.29) is 23.0 Å².